The van der Waals surface area contributed by atoms with E-state index in [1.54, 1.807) is 23.1 Å². The minimum atomic E-state index is 0.0906. The normalized spacial score (nSPS) is 14.1. The summed E-state index contributed by atoms with van der Waals surface area (Å²) in [5.41, 5.74) is 2.58. The van der Waals surface area contributed by atoms with E-state index in [0.717, 1.165) is 41.1 Å². The molecule has 3 heterocycles. The molecule has 4 aromatic rings. The van der Waals surface area contributed by atoms with E-state index in [9.17, 15) is 4.79 Å². The van der Waals surface area contributed by atoms with Crippen molar-refractivity contribution in [2.75, 3.05) is 6.26 Å². The van der Waals surface area contributed by atoms with E-state index in [1.807, 2.05) is 29.0 Å². The number of hydrogen-bond donors (Lipinski definition) is 0. The number of thiophene rings is 1. The van der Waals surface area contributed by atoms with E-state index < -0.39 is 0 Å². The molecule has 0 aliphatic heterocycles. The van der Waals surface area contributed by atoms with Crippen molar-refractivity contribution >= 4 is 39.1 Å². The van der Waals surface area contributed by atoms with Crippen LogP contribution in [0.2, 0.25) is 0 Å². The van der Waals surface area contributed by atoms with Crippen LogP contribution < -0.4 is 5.56 Å². The zero-order valence-electron chi connectivity index (χ0n) is 15.1. The fourth-order valence-electron chi connectivity index (χ4n) is 3.99. The van der Waals surface area contributed by atoms with Gasteiger partial charge in [-0.15, -0.1) is 21.5 Å². The van der Waals surface area contributed by atoms with Gasteiger partial charge in [-0.2, -0.15) is 0 Å². The first-order valence-corrected chi connectivity index (χ1v) is 11.3. The quantitative estimate of drug-likeness (QED) is 0.490. The highest BCUT2D eigenvalue weighted by Gasteiger charge is 2.24. The zero-order chi connectivity index (χ0) is 18.4. The van der Waals surface area contributed by atoms with Crippen molar-refractivity contribution < 1.29 is 0 Å². The molecule has 1 aliphatic rings. The molecular formula is C20H20N4OS2. The van der Waals surface area contributed by atoms with Gasteiger partial charge in [0.1, 0.15) is 4.83 Å². The van der Waals surface area contributed by atoms with Gasteiger partial charge in [-0.25, -0.2) is 4.40 Å². The molecule has 27 heavy (non-hydrogen) atoms. The smallest absolute Gasteiger partial charge is 0.263 e. The molecule has 1 aromatic carbocycles. The van der Waals surface area contributed by atoms with Crippen LogP contribution >= 0.6 is 23.1 Å². The lowest BCUT2D eigenvalue weighted by molar-refractivity contribution is 0.673. The third-order valence-corrected chi connectivity index (χ3v) is 7.23. The maximum absolute atomic E-state index is 13.5. The second-order valence-electron chi connectivity index (χ2n) is 6.91. The highest BCUT2D eigenvalue weighted by molar-refractivity contribution is 7.98. The Bertz CT molecular complexity index is 1190. The summed E-state index contributed by atoms with van der Waals surface area (Å²) in [6, 6.07) is 10.3. The Morgan fingerprint density at radius 2 is 1.96 bits per heavy atom. The molecule has 5 nitrogen and oxygen atoms in total. The zero-order valence-corrected chi connectivity index (χ0v) is 16.8. The van der Waals surface area contributed by atoms with Crippen LogP contribution in [0.25, 0.3) is 16.0 Å². The third kappa shape index (κ3) is 2.72. The molecule has 1 aliphatic carbocycles. The Balaban J connectivity index is 1.74. The SMILES string of the molecule is CSc1nnc2n(CCc3ccccc3)c(=O)c3c4c(sc3n12)CCCC4. The predicted molar refractivity (Wildman–Crippen MR) is 111 cm³/mol. The highest BCUT2D eigenvalue weighted by Crippen LogP contribution is 2.36. The van der Waals surface area contributed by atoms with E-state index in [1.165, 1.54) is 22.4 Å². The monoisotopic (exact) mass is 396 g/mol. The maximum Gasteiger partial charge on any atom is 0.263 e. The van der Waals surface area contributed by atoms with Crippen molar-refractivity contribution in [3.05, 3.63) is 56.7 Å². The molecular weight excluding hydrogens is 376 g/mol. The van der Waals surface area contributed by atoms with E-state index >= 15 is 0 Å². The molecule has 0 spiro atoms. The third-order valence-electron chi connectivity index (χ3n) is 5.32. The minimum absolute atomic E-state index is 0.0906. The van der Waals surface area contributed by atoms with Crippen molar-refractivity contribution in [1.82, 2.24) is 19.2 Å². The van der Waals surface area contributed by atoms with Gasteiger partial charge in [0.05, 0.1) is 5.39 Å². The molecule has 0 amide bonds. The van der Waals surface area contributed by atoms with Crippen LogP contribution in [-0.4, -0.2) is 25.4 Å². The maximum atomic E-state index is 13.5. The van der Waals surface area contributed by atoms with Crippen molar-refractivity contribution in [2.45, 2.75) is 43.8 Å². The standard InChI is InChI=1S/C20H20N4OS2/c1-26-20-22-21-19-23(12-11-13-7-3-2-4-8-13)17(25)16-14-9-5-6-10-15(14)27-18(16)24(19)20/h2-4,7-8H,5-6,9-12H2,1H3. The van der Waals surface area contributed by atoms with Crippen molar-refractivity contribution in [2.24, 2.45) is 0 Å². The van der Waals surface area contributed by atoms with Crippen LogP contribution in [0, 0.1) is 0 Å². The number of nitrogens with zero attached hydrogens (tertiary/aromatic N) is 4. The summed E-state index contributed by atoms with van der Waals surface area (Å²) >= 11 is 3.33. The fraction of sp³-hybridized carbons (Fsp3) is 0.350. The van der Waals surface area contributed by atoms with Crippen molar-refractivity contribution in [1.29, 1.82) is 0 Å². The molecule has 138 valence electrons. The molecule has 0 bridgehead atoms. The van der Waals surface area contributed by atoms with Gasteiger partial charge >= 0.3 is 0 Å². The number of fused-ring (bicyclic) bond motifs is 5. The number of benzene rings is 1. The Hall–Kier alpha value is -2.12. The van der Waals surface area contributed by atoms with Crippen molar-refractivity contribution in [3.63, 3.8) is 0 Å². The van der Waals surface area contributed by atoms with Crippen LogP contribution in [0.4, 0.5) is 0 Å². The van der Waals surface area contributed by atoms with E-state index in [4.69, 9.17) is 0 Å². The molecule has 0 N–H and O–H groups in total. The molecule has 0 saturated heterocycles. The van der Waals surface area contributed by atoms with E-state index in [2.05, 4.69) is 26.7 Å². The van der Waals surface area contributed by atoms with Crippen LogP contribution in [0.3, 0.4) is 0 Å². The van der Waals surface area contributed by atoms with Gasteiger partial charge in [-0.1, -0.05) is 42.1 Å². The van der Waals surface area contributed by atoms with Gasteiger partial charge in [0.2, 0.25) is 5.78 Å². The van der Waals surface area contributed by atoms with Crippen LogP contribution in [0.5, 0.6) is 0 Å². The summed E-state index contributed by atoms with van der Waals surface area (Å²) in [5.74, 6) is 0.659. The lowest BCUT2D eigenvalue weighted by atomic mass is 9.97. The molecule has 0 unspecified atom stereocenters. The fourth-order valence-corrected chi connectivity index (χ4v) is 5.90. The van der Waals surface area contributed by atoms with Crippen LogP contribution in [0.1, 0.15) is 28.8 Å². The second-order valence-corrected chi connectivity index (χ2v) is 8.76. The topological polar surface area (TPSA) is 52.2 Å². The summed E-state index contributed by atoms with van der Waals surface area (Å²) in [7, 11) is 0. The molecule has 0 radical (unpaired) electrons. The first-order chi connectivity index (χ1) is 13.3. The van der Waals surface area contributed by atoms with E-state index in [0.29, 0.717) is 12.3 Å². The summed E-state index contributed by atoms with van der Waals surface area (Å²) in [6.45, 7) is 0.611. The second kappa shape index (κ2) is 6.80. The van der Waals surface area contributed by atoms with Gasteiger partial charge in [0.15, 0.2) is 5.16 Å². The summed E-state index contributed by atoms with van der Waals surface area (Å²) in [5, 5.41) is 10.5. The minimum Gasteiger partial charge on any atom is -0.276 e. The van der Waals surface area contributed by atoms with Gasteiger partial charge in [0.25, 0.3) is 5.56 Å². The number of thioether (sulfide) groups is 1. The number of aryl methyl sites for hydroxylation is 4. The van der Waals surface area contributed by atoms with E-state index in [-0.39, 0.29) is 5.56 Å². The molecule has 3 aromatic heterocycles. The Labute approximate surface area is 165 Å². The predicted octanol–water partition coefficient (Wildman–Crippen LogP) is 3.95. The summed E-state index contributed by atoms with van der Waals surface area (Å²) in [6.07, 6.45) is 7.27. The van der Waals surface area contributed by atoms with Crippen LogP contribution in [0.15, 0.2) is 40.3 Å². The largest absolute Gasteiger partial charge is 0.276 e. The first kappa shape index (κ1) is 17.0. The molecule has 7 heteroatoms. The molecule has 0 atom stereocenters. The van der Waals surface area contributed by atoms with Crippen LogP contribution in [-0.2, 0) is 25.8 Å². The first-order valence-electron chi connectivity index (χ1n) is 9.28. The number of rotatable bonds is 4. The molecule has 5 rings (SSSR count). The van der Waals surface area contributed by atoms with Gasteiger partial charge in [0, 0.05) is 11.4 Å². The number of aromatic nitrogens is 4. The number of hydrogen-bond acceptors (Lipinski definition) is 5. The Morgan fingerprint density at radius 3 is 2.78 bits per heavy atom. The highest BCUT2D eigenvalue weighted by atomic mass is 32.2. The summed E-state index contributed by atoms with van der Waals surface area (Å²) in [4.78, 5) is 15.9. The molecule has 0 fully saturated rings. The summed E-state index contributed by atoms with van der Waals surface area (Å²) < 4.78 is 3.92. The average molecular weight is 397 g/mol. The lowest BCUT2D eigenvalue weighted by Gasteiger charge is -2.12. The van der Waals surface area contributed by atoms with Gasteiger partial charge in [-0.05, 0) is 49.5 Å². The van der Waals surface area contributed by atoms with Gasteiger partial charge in [-0.3, -0.25) is 9.36 Å². The van der Waals surface area contributed by atoms with Gasteiger partial charge < -0.3 is 0 Å². The lowest BCUT2D eigenvalue weighted by Crippen LogP contribution is -2.24. The Morgan fingerprint density at radius 1 is 1.15 bits per heavy atom. The van der Waals surface area contributed by atoms with Crippen molar-refractivity contribution in [3.8, 4) is 0 Å². The average Bonchev–Trinajstić information content (AvgIpc) is 3.30. The Kier molecular flexibility index (Phi) is 4.28. The molecule has 0 saturated carbocycles.